The topological polar surface area (TPSA) is 40.6 Å². The zero-order chi connectivity index (χ0) is 18.4. The fourth-order valence-electron chi connectivity index (χ4n) is 3.25. The molecule has 1 aromatic carbocycles. The number of benzene rings is 1. The minimum Gasteiger partial charge on any atom is -0.341 e. The van der Waals surface area contributed by atoms with Crippen molar-refractivity contribution in [3.05, 3.63) is 52.2 Å². The molecule has 0 N–H and O–H groups in total. The maximum absolute atomic E-state index is 12.9. The third-order valence-corrected chi connectivity index (χ3v) is 5.59. The second kappa shape index (κ2) is 8.99. The van der Waals surface area contributed by atoms with E-state index in [0.717, 1.165) is 37.2 Å². The number of amides is 2. The smallest absolute Gasteiger partial charge is 0.242 e. The van der Waals surface area contributed by atoms with Gasteiger partial charge in [0.05, 0.1) is 0 Å². The normalized spacial score (nSPS) is 14.3. The van der Waals surface area contributed by atoms with Gasteiger partial charge in [-0.1, -0.05) is 17.7 Å². The first-order valence-electron chi connectivity index (χ1n) is 9.29. The van der Waals surface area contributed by atoms with E-state index in [0.29, 0.717) is 12.8 Å². The van der Waals surface area contributed by atoms with Crippen LogP contribution in [0.1, 0.15) is 36.8 Å². The lowest BCUT2D eigenvalue weighted by atomic mass is 10.1. The molecule has 0 atom stereocenters. The maximum atomic E-state index is 12.9. The Balaban J connectivity index is 1.71. The van der Waals surface area contributed by atoms with E-state index in [4.69, 9.17) is 0 Å². The molecule has 1 aromatic heterocycles. The van der Waals surface area contributed by atoms with Crippen LogP contribution < -0.4 is 4.90 Å². The van der Waals surface area contributed by atoms with Crippen molar-refractivity contribution in [2.75, 3.05) is 24.5 Å². The molecule has 2 heterocycles. The second-order valence-corrected chi connectivity index (χ2v) is 7.67. The summed E-state index contributed by atoms with van der Waals surface area (Å²) in [5.74, 6) is 0.0552. The minimum absolute atomic E-state index is 0.00501. The molecule has 4 nitrogen and oxygen atoms in total. The van der Waals surface area contributed by atoms with Gasteiger partial charge in [-0.15, -0.1) is 0 Å². The Morgan fingerprint density at radius 1 is 1.08 bits per heavy atom. The molecule has 1 aliphatic rings. The van der Waals surface area contributed by atoms with Crippen molar-refractivity contribution in [3.8, 4) is 0 Å². The van der Waals surface area contributed by atoms with Crippen LogP contribution in [0.5, 0.6) is 0 Å². The third-order valence-electron chi connectivity index (χ3n) is 4.86. The number of piperidine rings is 1. The lowest BCUT2D eigenvalue weighted by Crippen LogP contribution is -2.45. The van der Waals surface area contributed by atoms with E-state index in [1.54, 1.807) is 16.2 Å². The average Bonchev–Trinajstić information content (AvgIpc) is 3.19. The maximum Gasteiger partial charge on any atom is 0.242 e. The van der Waals surface area contributed by atoms with Crippen molar-refractivity contribution >= 4 is 28.8 Å². The molecule has 5 heteroatoms. The van der Waals surface area contributed by atoms with Gasteiger partial charge in [0.2, 0.25) is 11.8 Å². The molecule has 26 heavy (non-hydrogen) atoms. The molecule has 2 aromatic rings. The molecule has 3 rings (SSSR count). The quantitative estimate of drug-likeness (QED) is 0.770. The van der Waals surface area contributed by atoms with Crippen LogP contribution in [0.3, 0.4) is 0 Å². The van der Waals surface area contributed by atoms with Crippen molar-refractivity contribution in [2.45, 2.75) is 39.0 Å². The number of aryl methyl sites for hydroxylation is 2. The molecule has 0 saturated carbocycles. The summed E-state index contributed by atoms with van der Waals surface area (Å²) in [4.78, 5) is 29.2. The largest absolute Gasteiger partial charge is 0.341 e. The molecule has 1 aliphatic heterocycles. The minimum atomic E-state index is 0.00501. The van der Waals surface area contributed by atoms with E-state index in [1.165, 1.54) is 12.0 Å². The van der Waals surface area contributed by atoms with Gasteiger partial charge in [0.15, 0.2) is 0 Å². The van der Waals surface area contributed by atoms with E-state index in [2.05, 4.69) is 5.38 Å². The van der Waals surface area contributed by atoms with Crippen molar-refractivity contribution in [2.24, 2.45) is 0 Å². The second-order valence-electron chi connectivity index (χ2n) is 6.89. The zero-order valence-electron chi connectivity index (χ0n) is 15.3. The predicted molar refractivity (Wildman–Crippen MR) is 107 cm³/mol. The lowest BCUT2D eigenvalue weighted by Gasteiger charge is -2.30. The summed E-state index contributed by atoms with van der Waals surface area (Å²) in [7, 11) is 0. The summed E-state index contributed by atoms with van der Waals surface area (Å²) in [5.41, 5.74) is 3.12. The number of carbonyl (C=O) groups excluding carboxylic acids is 2. The highest BCUT2D eigenvalue weighted by Gasteiger charge is 2.23. The summed E-state index contributed by atoms with van der Waals surface area (Å²) in [6.07, 6.45) is 4.43. The Morgan fingerprint density at radius 3 is 2.46 bits per heavy atom. The van der Waals surface area contributed by atoms with Gasteiger partial charge in [-0.05, 0) is 67.1 Å². The van der Waals surface area contributed by atoms with Crippen LogP contribution in [0.4, 0.5) is 5.69 Å². The molecule has 0 unspecified atom stereocenters. The number of carbonyl (C=O) groups is 2. The number of likely N-dealkylation sites (tertiary alicyclic amines) is 1. The fraction of sp³-hybridized carbons (Fsp3) is 0.429. The van der Waals surface area contributed by atoms with Crippen molar-refractivity contribution in [3.63, 3.8) is 0 Å². The highest BCUT2D eigenvalue weighted by Crippen LogP contribution is 2.19. The van der Waals surface area contributed by atoms with Gasteiger partial charge in [0.1, 0.15) is 6.54 Å². The first-order valence-corrected chi connectivity index (χ1v) is 10.2. The van der Waals surface area contributed by atoms with Crippen LogP contribution in [0.2, 0.25) is 0 Å². The Labute approximate surface area is 159 Å². The van der Waals surface area contributed by atoms with Crippen molar-refractivity contribution in [1.29, 1.82) is 0 Å². The number of hydrogen-bond acceptors (Lipinski definition) is 3. The highest BCUT2D eigenvalue weighted by atomic mass is 32.1. The Hall–Kier alpha value is -2.14. The van der Waals surface area contributed by atoms with Crippen LogP contribution in [-0.4, -0.2) is 36.3 Å². The Bertz CT molecular complexity index is 719. The van der Waals surface area contributed by atoms with Crippen LogP contribution in [0.15, 0.2) is 41.1 Å². The van der Waals surface area contributed by atoms with Gasteiger partial charge in [0.25, 0.3) is 0 Å². The summed E-state index contributed by atoms with van der Waals surface area (Å²) >= 11 is 1.64. The predicted octanol–water partition coefficient (Wildman–Crippen LogP) is 4.03. The van der Waals surface area contributed by atoms with Gasteiger partial charge in [-0.2, -0.15) is 11.3 Å². The van der Waals surface area contributed by atoms with Crippen molar-refractivity contribution < 1.29 is 9.59 Å². The van der Waals surface area contributed by atoms with Crippen LogP contribution in [-0.2, 0) is 16.0 Å². The van der Waals surface area contributed by atoms with Gasteiger partial charge in [-0.25, -0.2) is 0 Å². The summed E-state index contributed by atoms with van der Waals surface area (Å²) < 4.78 is 0. The van der Waals surface area contributed by atoms with E-state index in [1.807, 2.05) is 47.5 Å². The number of thiophene rings is 1. The summed E-state index contributed by atoms with van der Waals surface area (Å²) in [6, 6.07) is 9.88. The molecule has 138 valence electrons. The van der Waals surface area contributed by atoms with E-state index in [9.17, 15) is 9.59 Å². The van der Waals surface area contributed by atoms with E-state index in [-0.39, 0.29) is 18.4 Å². The molecule has 0 aliphatic carbocycles. The first kappa shape index (κ1) is 18.6. The number of anilines is 1. The lowest BCUT2D eigenvalue weighted by molar-refractivity contribution is -0.132. The third kappa shape index (κ3) is 4.94. The molecule has 0 spiro atoms. The van der Waals surface area contributed by atoms with Gasteiger partial charge >= 0.3 is 0 Å². The van der Waals surface area contributed by atoms with Crippen LogP contribution in [0.25, 0.3) is 0 Å². The molecule has 0 radical (unpaired) electrons. The monoisotopic (exact) mass is 370 g/mol. The van der Waals surface area contributed by atoms with Gasteiger partial charge < -0.3 is 9.80 Å². The number of hydrogen-bond donors (Lipinski definition) is 0. The molecule has 0 bridgehead atoms. The Morgan fingerprint density at radius 2 is 1.81 bits per heavy atom. The summed E-state index contributed by atoms with van der Waals surface area (Å²) in [6.45, 7) is 3.77. The van der Waals surface area contributed by atoms with E-state index < -0.39 is 0 Å². The standard InChI is InChI=1S/C21H26N2O2S/c1-17-5-8-19(9-6-17)23(15-21(25)22-12-3-2-4-13-22)20(24)10-7-18-11-14-26-16-18/h5-6,8-9,11,14,16H,2-4,7,10,12-13,15H2,1H3. The highest BCUT2D eigenvalue weighted by molar-refractivity contribution is 7.07. The van der Waals surface area contributed by atoms with Crippen LogP contribution >= 0.6 is 11.3 Å². The SMILES string of the molecule is Cc1ccc(N(CC(=O)N2CCCCC2)C(=O)CCc2ccsc2)cc1. The molecular formula is C21H26N2O2S. The number of rotatable bonds is 6. The van der Waals surface area contributed by atoms with Gasteiger partial charge in [-0.3, -0.25) is 9.59 Å². The molecular weight excluding hydrogens is 344 g/mol. The van der Waals surface area contributed by atoms with Crippen molar-refractivity contribution in [1.82, 2.24) is 4.90 Å². The Kier molecular flexibility index (Phi) is 6.45. The average molecular weight is 371 g/mol. The zero-order valence-corrected chi connectivity index (χ0v) is 16.1. The molecule has 1 fully saturated rings. The summed E-state index contributed by atoms with van der Waals surface area (Å²) in [5, 5.41) is 4.10. The first-order chi connectivity index (χ1) is 12.6. The fourth-order valence-corrected chi connectivity index (χ4v) is 3.95. The molecule has 2 amide bonds. The molecule has 1 saturated heterocycles. The van der Waals surface area contributed by atoms with Crippen LogP contribution in [0, 0.1) is 6.92 Å². The van der Waals surface area contributed by atoms with Gasteiger partial charge in [0, 0.05) is 25.2 Å². The number of nitrogens with zero attached hydrogens (tertiary/aromatic N) is 2. The van der Waals surface area contributed by atoms with E-state index >= 15 is 0 Å².